The summed E-state index contributed by atoms with van der Waals surface area (Å²) in [4.78, 5) is 11.9. The highest BCUT2D eigenvalue weighted by Gasteiger charge is 2.33. The van der Waals surface area contributed by atoms with E-state index in [1.807, 2.05) is 0 Å². The van der Waals surface area contributed by atoms with Crippen LogP contribution in [0.3, 0.4) is 0 Å². The van der Waals surface area contributed by atoms with Crippen molar-refractivity contribution in [3.05, 3.63) is 35.4 Å². The molecule has 110 valence electrons. The van der Waals surface area contributed by atoms with E-state index in [0.717, 1.165) is 25.0 Å². The number of benzene rings is 1. The fourth-order valence-electron chi connectivity index (χ4n) is 2.73. The van der Waals surface area contributed by atoms with E-state index >= 15 is 0 Å². The summed E-state index contributed by atoms with van der Waals surface area (Å²) in [5, 5.41) is 12.8. The van der Waals surface area contributed by atoms with E-state index in [2.05, 4.69) is 5.32 Å². The number of carbonyl (C=O) groups is 1. The minimum Gasteiger partial charge on any atom is -0.389 e. The SMILES string of the molecule is CC(NC(=O)CC1(O)CCCC1)c1ccc(F)cc1F. The van der Waals surface area contributed by atoms with Gasteiger partial charge < -0.3 is 10.4 Å². The van der Waals surface area contributed by atoms with Gasteiger partial charge in [-0.3, -0.25) is 4.79 Å². The number of halogens is 2. The number of nitrogens with one attached hydrogen (secondary N) is 1. The molecule has 0 aromatic heterocycles. The number of rotatable bonds is 4. The average molecular weight is 283 g/mol. The van der Waals surface area contributed by atoms with Gasteiger partial charge in [0.15, 0.2) is 0 Å². The van der Waals surface area contributed by atoms with Crippen LogP contribution in [0.1, 0.15) is 50.6 Å². The second-order valence-electron chi connectivity index (χ2n) is 5.56. The molecule has 1 fully saturated rings. The highest BCUT2D eigenvalue weighted by Crippen LogP contribution is 2.32. The zero-order valence-corrected chi connectivity index (χ0v) is 11.5. The standard InChI is InChI=1S/C15H19F2NO2/c1-10(12-5-4-11(16)8-13(12)17)18-14(19)9-15(20)6-2-3-7-15/h4-5,8,10,20H,2-3,6-7,9H2,1H3,(H,18,19). The van der Waals surface area contributed by atoms with Crippen molar-refractivity contribution in [3.8, 4) is 0 Å². The summed E-state index contributed by atoms with van der Waals surface area (Å²) in [5.74, 6) is -1.65. The molecule has 1 aliphatic rings. The molecule has 20 heavy (non-hydrogen) atoms. The molecule has 3 nitrogen and oxygen atoms in total. The molecule has 0 bridgehead atoms. The number of hydrogen-bond donors (Lipinski definition) is 2. The number of hydrogen-bond acceptors (Lipinski definition) is 2. The Morgan fingerprint density at radius 2 is 2.05 bits per heavy atom. The van der Waals surface area contributed by atoms with Gasteiger partial charge in [-0.05, 0) is 25.8 Å². The van der Waals surface area contributed by atoms with Crippen molar-refractivity contribution in [2.75, 3.05) is 0 Å². The first-order valence-corrected chi connectivity index (χ1v) is 6.86. The fraction of sp³-hybridized carbons (Fsp3) is 0.533. The van der Waals surface area contributed by atoms with Crippen LogP contribution in [0.25, 0.3) is 0 Å². The molecule has 0 aliphatic heterocycles. The molecule has 2 N–H and O–H groups in total. The van der Waals surface area contributed by atoms with E-state index in [1.165, 1.54) is 6.07 Å². The summed E-state index contributed by atoms with van der Waals surface area (Å²) in [6.45, 7) is 1.63. The normalized spacial score (nSPS) is 18.8. The molecule has 0 heterocycles. The summed E-state index contributed by atoms with van der Waals surface area (Å²) in [6.07, 6.45) is 3.12. The van der Waals surface area contributed by atoms with Crippen molar-refractivity contribution in [1.82, 2.24) is 5.32 Å². The zero-order valence-electron chi connectivity index (χ0n) is 11.5. The maximum Gasteiger partial charge on any atom is 0.223 e. The van der Waals surface area contributed by atoms with Gasteiger partial charge in [-0.1, -0.05) is 18.9 Å². The van der Waals surface area contributed by atoms with Crippen molar-refractivity contribution >= 4 is 5.91 Å². The van der Waals surface area contributed by atoms with Crippen molar-refractivity contribution < 1.29 is 18.7 Å². The first kappa shape index (κ1) is 14.9. The molecule has 5 heteroatoms. The largest absolute Gasteiger partial charge is 0.389 e. The van der Waals surface area contributed by atoms with Gasteiger partial charge in [0.2, 0.25) is 5.91 Å². The van der Waals surface area contributed by atoms with Gasteiger partial charge in [0.1, 0.15) is 11.6 Å². The topological polar surface area (TPSA) is 49.3 Å². The molecule has 0 radical (unpaired) electrons. The van der Waals surface area contributed by atoms with Crippen molar-refractivity contribution in [3.63, 3.8) is 0 Å². The fourth-order valence-corrected chi connectivity index (χ4v) is 2.73. The lowest BCUT2D eigenvalue weighted by molar-refractivity contribution is -0.126. The maximum atomic E-state index is 13.6. The quantitative estimate of drug-likeness (QED) is 0.892. The second-order valence-corrected chi connectivity index (χ2v) is 5.56. The van der Waals surface area contributed by atoms with Crippen LogP contribution >= 0.6 is 0 Å². The molecule has 1 aromatic carbocycles. The first-order valence-electron chi connectivity index (χ1n) is 6.86. The maximum absolute atomic E-state index is 13.6. The molecule has 1 atom stereocenters. The molecular formula is C15H19F2NO2. The van der Waals surface area contributed by atoms with Gasteiger partial charge in [-0.15, -0.1) is 0 Å². The van der Waals surface area contributed by atoms with E-state index in [0.29, 0.717) is 12.8 Å². The Bertz CT molecular complexity index is 499. The van der Waals surface area contributed by atoms with Crippen molar-refractivity contribution in [1.29, 1.82) is 0 Å². The highest BCUT2D eigenvalue weighted by atomic mass is 19.1. The van der Waals surface area contributed by atoms with Crippen LogP contribution in [0.2, 0.25) is 0 Å². The van der Waals surface area contributed by atoms with Crippen molar-refractivity contribution in [2.45, 2.75) is 50.7 Å². The molecular weight excluding hydrogens is 264 g/mol. The zero-order chi connectivity index (χ0) is 14.8. The van der Waals surface area contributed by atoms with Crippen LogP contribution in [0.4, 0.5) is 8.78 Å². The minimum atomic E-state index is -0.925. The predicted octanol–water partition coefficient (Wildman–Crippen LogP) is 2.84. The third kappa shape index (κ3) is 3.54. The van der Waals surface area contributed by atoms with Gasteiger partial charge in [0.05, 0.1) is 18.1 Å². The van der Waals surface area contributed by atoms with Gasteiger partial charge in [-0.2, -0.15) is 0 Å². The van der Waals surface area contributed by atoms with E-state index in [9.17, 15) is 18.7 Å². The van der Waals surface area contributed by atoms with Gasteiger partial charge in [-0.25, -0.2) is 8.78 Å². The lowest BCUT2D eigenvalue weighted by atomic mass is 9.97. The highest BCUT2D eigenvalue weighted by molar-refractivity contribution is 5.77. The third-order valence-electron chi connectivity index (χ3n) is 3.83. The van der Waals surface area contributed by atoms with Crippen LogP contribution in [0.15, 0.2) is 18.2 Å². The minimum absolute atomic E-state index is 0.0279. The molecule has 0 saturated heterocycles. The molecule has 0 spiro atoms. The number of aliphatic hydroxyl groups is 1. The summed E-state index contributed by atoms with van der Waals surface area (Å²) >= 11 is 0. The molecule has 1 unspecified atom stereocenters. The molecule has 1 saturated carbocycles. The Hall–Kier alpha value is -1.49. The summed E-state index contributed by atoms with van der Waals surface area (Å²) < 4.78 is 26.4. The van der Waals surface area contributed by atoms with Crippen LogP contribution in [-0.2, 0) is 4.79 Å². The summed E-state index contributed by atoms with van der Waals surface area (Å²) in [6, 6.07) is 2.71. The summed E-state index contributed by atoms with van der Waals surface area (Å²) in [5.41, 5.74) is -0.691. The average Bonchev–Trinajstić information content (AvgIpc) is 2.74. The Balaban J connectivity index is 1.96. The van der Waals surface area contributed by atoms with E-state index < -0.39 is 23.3 Å². The van der Waals surface area contributed by atoms with Crippen molar-refractivity contribution in [2.24, 2.45) is 0 Å². The lowest BCUT2D eigenvalue weighted by Crippen LogP contribution is -2.36. The molecule has 1 aromatic rings. The Morgan fingerprint density at radius 3 is 2.65 bits per heavy atom. The van der Waals surface area contributed by atoms with Crippen LogP contribution < -0.4 is 5.32 Å². The predicted molar refractivity (Wildman–Crippen MR) is 71.0 cm³/mol. The Morgan fingerprint density at radius 1 is 1.40 bits per heavy atom. The smallest absolute Gasteiger partial charge is 0.223 e. The van der Waals surface area contributed by atoms with Crippen LogP contribution in [-0.4, -0.2) is 16.6 Å². The Kier molecular flexibility index (Phi) is 4.38. The van der Waals surface area contributed by atoms with E-state index in [-0.39, 0.29) is 17.9 Å². The van der Waals surface area contributed by atoms with Crippen LogP contribution in [0.5, 0.6) is 0 Å². The molecule has 1 amide bonds. The van der Waals surface area contributed by atoms with Gasteiger partial charge in [0, 0.05) is 11.6 Å². The number of carbonyl (C=O) groups excluding carboxylic acids is 1. The lowest BCUT2D eigenvalue weighted by Gasteiger charge is -2.23. The monoisotopic (exact) mass is 283 g/mol. The van der Waals surface area contributed by atoms with Gasteiger partial charge in [0.25, 0.3) is 0 Å². The summed E-state index contributed by atoms with van der Waals surface area (Å²) in [7, 11) is 0. The first-order chi connectivity index (χ1) is 9.39. The second kappa shape index (κ2) is 5.87. The number of amides is 1. The van der Waals surface area contributed by atoms with E-state index in [1.54, 1.807) is 6.92 Å². The Labute approximate surface area is 117 Å². The third-order valence-corrected chi connectivity index (χ3v) is 3.83. The molecule has 2 rings (SSSR count). The van der Waals surface area contributed by atoms with Gasteiger partial charge >= 0.3 is 0 Å². The molecule has 1 aliphatic carbocycles. The van der Waals surface area contributed by atoms with E-state index in [4.69, 9.17) is 0 Å². The van der Waals surface area contributed by atoms with Crippen LogP contribution in [0, 0.1) is 11.6 Å².